The number of fused-ring (bicyclic) bond motifs is 3. The number of aromatic nitrogens is 2. The number of hydrogen-bond donors (Lipinski definition) is 2. The molecule has 1 heterocycles. The van der Waals surface area contributed by atoms with E-state index in [1.165, 1.54) is 12.1 Å². The fourth-order valence-corrected chi connectivity index (χ4v) is 3.36. The largest absolute Gasteiger partial charge is 0.493 e. The quantitative estimate of drug-likeness (QED) is 0.526. The summed E-state index contributed by atoms with van der Waals surface area (Å²) in [5.41, 5.74) is 4.48. The van der Waals surface area contributed by atoms with Gasteiger partial charge in [0.25, 0.3) is 5.92 Å². The molecule has 2 N–H and O–H groups in total. The molecule has 2 aromatic carbocycles. The minimum absolute atomic E-state index is 0.0440. The number of ether oxygens (including phenoxy) is 2. The highest BCUT2D eigenvalue weighted by Crippen LogP contribution is 2.44. The molecule has 0 saturated carbocycles. The molecule has 1 aliphatic rings. The summed E-state index contributed by atoms with van der Waals surface area (Å²) in [6, 6.07) is 10.1. The van der Waals surface area contributed by atoms with E-state index in [-0.39, 0.29) is 5.56 Å². The molecule has 0 aliphatic heterocycles. The van der Waals surface area contributed by atoms with Crippen LogP contribution in [0, 0.1) is 0 Å². The lowest BCUT2D eigenvalue weighted by molar-refractivity contribution is 0.0175. The molecule has 3 aromatic rings. The fourth-order valence-electron chi connectivity index (χ4n) is 3.36. The minimum atomic E-state index is -2.89. The zero-order chi connectivity index (χ0) is 19.2. The zero-order valence-corrected chi connectivity index (χ0v) is 15.2. The first-order chi connectivity index (χ1) is 12.9. The lowest BCUT2D eigenvalue weighted by Gasteiger charge is -2.12. The molecule has 0 saturated heterocycles. The maximum Gasteiger partial charge on any atom is 0.270 e. The molecule has 0 unspecified atom stereocenters. The van der Waals surface area contributed by atoms with Crippen molar-refractivity contribution in [3.05, 3.63) is 53.1 Å². The third kappa shape index (κ3) is 2.99. The summed E-state index contributed by atoms with van der Waals surface area (Å²) in [5, 5.41) is 10.5. The summed E-state index contributed by atoms with van der Waals surface area (Å²) < 4.78 is 37.9. The van der Waals surface area contributed by atoms with Crippen LogP contribution >= 0.6 is 0 Å². The van der Waals surface area contributed by atoms with Crippen molar-refractivity contribution in [2.75, 3.05) is 19.5 Å². The molecule has 0 amide bonds. The zero-order valence-electron chi connectivity index (χ0n) is 15.2. The molecule has 0 bridgehead atoms. The van der Waals surface area contributed by atoms with Crippen LogP contribution in [0.25, 0.3) is 11.3 Å². The molecule has 140 valence electrons. The predicted molar refractivity (Wildman–Crippen MR) is 99.2 cm³/mol. The van der Waals surface area contributed by atoms with E-state index in [4.69, 9.17) is 9.47 Å². The summed E-state index contributed by atoms with van der Waals surface area (Å²) in [6.45, 7) is 0.885. The smallest absolute Gasteiger partial charge is 0.270 e. The summed E-state index contributed by atoms with van der Waals surface area (Å²) in [4.78, 5) is 0. The first-order valence-electron chi connectivity index (χ1n) is 8.48. The van der Waals surface area contributed by atoms with Crippen molar-refractivity contribution in [2.45, 2.75) is 19.3 Å². The summed E-state index contributed by atoms with van der Waals surface area (Å²) in [7, 11) is 3.19. The monoisotopic (exact) mass is 371 g/mol. The summed E-state index contributed by atoms with van der Waals surface area (Å²) in [5.74, 6) is -0.960. The molecule has 7 heteroatoms. The van der Waals surface area contributed by atoms with Crippen molar-refractivity contribution < 1.29 is 18.3 Å². The Kier molecular flexibility index (Phi) is 4.02. The molecular weight excluding hydrogens is 352 g/mol. The van der Waals surface area contributed by atoms with E-state index < -0.39 is 5.92 Å². The molecule has 27 heavy (non-hydrogen) atoms. The lowest BCUT2D eigenvalue weighted by Crippen LogP contribution is -2.07. The van der Waals surface area contributed by atoms with Crippen LogP contribution in [0.15, 0.2) is 36.4 Å². The number of halogens is 2. The van der Waals surface area contributed by atoms with Gasteiger partial charge in [-0.25, -0.2) is 8.78 Å². The van der Waals surface area contributed by atoms with Crippen molar-refractivity contribution in [1.29, 1.82) is 0 Å². The second-order valence-corrected chi connectivity index (χ2v) is 6.56. The van der Waals surface area contributed by atoms with Gasteiger partial charge in [-0.3, -0.25) is 5.10 Å². The number of nitrogens with one attached hydrogen (secondary N) is 2. The Labute approximate surface area is 155 Å². The number of aromatic amines is 1. The van der Waals surface area contributed by atoms with E-state index in [2.05, 4.69) is 15.5 Å². The average Bonchev–Trinajstić information content (AvgIpc) is 3.19. The van der Waals surface area contributed by atoms with Crippen molar-refractivity contribution in [2.24, 2.45) is 0 Å². The van der Waals surface area contributed by atoms with Gasteiger partial charge in [-0.05, 0) is 29.8 Å². The van der Waals surface area contributed by atoms with Gasteiger partial charge < -0.3 is 14.8 Å². The number of rotatable bonds is 5. The molecule has 1 aromatic heterocycles. The number of nitrogens with zero attached hydrogens (tertiary/aromatic N) is 1. The van der Waals surface area contributed by atoms with Gasteiger partial charge in [-0.15, -0.1) is 0 Å². The van der Waals surface area contributed by atoms with Gasteiger partial charge >= 0.3 is 0 Å². The van der Waals surface area contributed by atoms with Crippen LogP contribution in [0.3, 0.4) is 0 Å². The van der Waals surface area contributed by atoms with Gasteiger partial charge in [0.2, 0.25) is 0 Å². The number of anilines is 2. The second-order valence-electron chi connectivity index (χ2n) is 6.56. The van der Waals surface area contributed by atoms with Crippen molar-refractivity contribution >= 4 is 11.5 Å². The summed E-state index contributed by atoms with van der Waals surface area (Å²) in [6.07, 6.45) is 0.660. The van der Waals surface area contributed by atoms with E-state index >= 15 is 0 Å². The Morgan fingerprint density at radius 2 is 1.85 bits per heavy atom. The molecule has 0 radical (unpaired) electrons. The number of H-pyrrole nitrogens is 1. The molecule has 4 rings (SSSR count). The fraction of sp³-hybridized carbons (Fsp3) is 0.250. The number of benzene rings is 2. The molecule has 0 atom stereocenters. The highest BCUT2D eigenvalue weighted by molar-refractivity contribution is 5.81. The normalized spacial score (nSPS) is 12.5. The van der Waals surface area contributed by atoms with Crippen LogP contribution < -0.4 is 14.8 Å². The molecule has 0 spiro atoms. The van der Waals surface area contributed by atoms with Gasteiger partial charge in [-0.2, -0.15) is 5.10 Å². The maximum atomic E-state index is 13.6. The Balaban J connectivity index is 1.67. The topological polar surface area (TPSA) is 59.2 Å². The van der Waals surface area contributed by atoms with Gasteiger partial charge in [0.1, 0.15) is 0 Å². The second kappa shape index (κ2) is 6.26. The Hall–Kier alpha value is -3.09. The van der Waals surface area contributed by atoms with Crippen LogP contribution in [0.4, 0.5) is 20.3 Å². The van der Waals surface area contributed by atoms with Crippen LogP contribution in [-0.4, -0.2) is 24.4 Å². The van der Waals surface area contributed by atoms with Gasteiger partial charge in [0.05, 0.1) is 19.9 Å². The standard InChI is InChI=1S/C20H19F2N3O2/c1-20(21,22)12-5-4-6-13(9-12)23-19-15-7-11-8-16(26-2)17(27-3)10-14(11)18(15)24-25-19/h4-6,8-10H,7H2,1-3H3,(H2,23,24,25). The van der Waals surface area contributed by atoms with Crippen LogP contribution in [0.2, 0.25) is 0 Å². The van der Waals surface area contributed by atoms with Gasteiger partial charge in [-0.1, -0.05) is 12.1 Å². The van der Waals surface area contributed by atoms with Gasteiger partial charge in [0.15, 0.2) is 17.3 Å². The maximum absolute atomic E-state index is 13.6. The van der Waals surface area contributed by atoms with E-state index in [9.17, 15) is 8.78 Å². The molecule has 5 nitrogen and oxygen atoms in total. The molecule has 1 aliphatic carbocycles. The summed E-state index contributed by atoms with van der Waals surface area (Å²) >= 11 is 0. The van der Waals surface area contributed by atoms with E-state index in [1.54, 1.807) is 26.4 Å². The van der Waals surface area contributed by atoms with E-state index in [1.807, 2.05) is 12.1 Å². The Morgan fingerprint density at radius 3 is 2.56 bits per heavy atom. The van der Waals surface area contributed by atoms with E-state index in [0.717, 1.165) is 29.3 Å². The third-order valence-corrected chi connectivity index (χ3v) is 4.75. The first kappa shape index (κ1) is 17.3. The van der Waals surface area contributed by atoms with Crippen molar-refractivity contribution in [3.63, 3.8) is 0 Å². The van der Waals surface area contributed by atoms with Crippen LogP contribution in [-0.2, 0) is 12.3 Å². The average molecular weight is 371 g/mol. The third-order valence-electron chi connectivity index (χ3n) is 4.75. The highest BCUT2D eigenvalue weighted by Gasteiger charge is 2.28. The van der Waals surface area contributed by atoms with Crippen molar-refractivity contribution in [1.82, 2.24) is 10.2 Å². The predicted octanol–water partition coefficient (Wildman–Crippen LogP) is 4.85. The SMILES string of the molecule is COc1cc2c(cc1OC)-c1[nH]nc(Nc3cccc(C(C)(F)F)c3)c1C2. The first-order valence-corrected chi connectivity index (χ1v) is 8.48. The van der Waals surface area contributed by atoms with E-state index in [0.29, 0.717) is 29.4 Å². The Bertz CT molecular complexity index is 1010. The van der Waals surface area contributed by atoms with Crippen LogP contribution in [0.5, 0.6) is 11.5 Å². The van der Waals surface area contributed by atoms with Crippen LogP contribution in [0.1, 0.15) is 23.6 Å². The highest BCUT2D eigenvalue weighted by atomic mass is 19.3. The van der Waals surface area contributed by atoms with Crippen molar-refractivity contribution in [3.8, 4) is 22.8 Å². The molecular formula is C20H19F2N3O2. The minimum Gasteiger partial charge on any atom is -0.493 e. The number of methoxy groups -OCH3 is 2. The Morgan fingerprint density at radius 1 is 1.11 bits per heavy atom. The van der Waals surface area contributed by atoms with Gasteiger partial charge in [0, 0.05) is 35.7 Å². The number of alkyl halides is 2. The number of hydrogen-bond acceptors (Lipinski definition) is 4. The molecule has 0 fully saturated rings. The lowest BCUT2D eigenvalue weighted by atomic mass is 10.1.